The first-order chi connectivity index (χ1) is 10.5. The Labute approximate surface area is 132 Å². The number of anilines is 1. The molecule has 1 N–H and O–H groups in total. The summed E-state index contributed by atoms with van der Waals surface area (Å²) in [5.74, 6) is -0.322. The van der Waals surface area contributed by atoms with Crippen LogP contribution in [0.4, 0.5) is 11.4 Å². The van der Waals surface area contributed by atoms with Crippen molar-refractivity contribution in [2.24, 2.45) is 0 Å². The predicted octanol–water partition coefficient (Wildman–Crippen LogP) is 4.21. The van der Waals surface area contributed by atoms with Crippen LogP contribution in [0.15, 0.2) is 48.5 Å². The van der Waals surface area contributed by atoms with Crippen molar-refractivity contribution in [3.63, 3.8) is 0 Å². The number of carbonyl (C=O) groups excluding carboxylic acids is 1. The van der Waals surface area contributed by atoms with Crippen LogP contribution in [0.25, 0.3) is 6.08 Å². The van der Waals surface area contributed by atoms with Crippen molar-refractivity contribution in [3.05, 3.63) is 74.8 Å². The van der Waals surface area contributed by atoms with Crippen molar-refractivity contribution >= 4 is 35.0 Å². The normalized spacial score (nSPS) is 10.6. The zero-order valence-corrected chi connectivity index (χ0v) is 12.5. The molecule has 0 bridgehead atoms. The summed E-state index contributed by atoms with van der Waals surface area (Å²) >= 11 is 5.85. The monoisotopic (exact) mass is 316 g/mol. The van der Waals surface area contributed by atoms with Crippen molar-refractivity contribution in [1.29, 1.82) is 0 Å². The van der Waals surface area contributed by atoms with Gasteiger partial charge in [0.05, 0.1) is 4.92 Å². The summed E-state index contributed by atoms with van der Waals surface area (Å²) in [4.78, 5) is 22.1. The molecule has 0 aliphatic carbocycles. The van der Waals surface area contributed by atoms with Crippen molar-refractivity contribution in [2.45, 2.75) is 6.92 Å². The van der Waals surface area contributed by atoms with Gasteiger partial charge in [0, 0.05) is 28.9 Å². The van der Waals surface area contributed by atoms with E-state index in [1.165, 1.54) is 24.3 Å². The smallest absolute Gasteiger partial charge is 0.270 e. The molecule has 2 aromatic carbocycles. The Morgan fingerprint density at radius 3 is 2.73 bits per heavy atom. The largest absolute Gasteiger partial charge is 0.322 e. The van der Waals surface area contributed by atoms with Crippen molar-refractivity contribution in [1.82, 2.24) is 0 Å². The van der Waals surface area contributed by atoms with E-state index in [0.717, 1.165) is 5.56 Å². The van der Waals surface area contributed by atoms with E-state index in [-0.39, 0.29) is 11.6 Å². The summed E-state index contributed by atoms with van der Waals surface area (Å²) in [5.41, 5.74) is 2.08. The number of nitro groups is 1. The van der Waals surface area contributed by atoms with Crippen LogP contribution in [0.2, 0.25) is 5.02 Å². The molecule has 112 valence electrons. The van der Waals surface area contributed by atoms with E-state index in [1.807, 2.05) is 6.92 Å². The highest BCUT2D eigenvalue weighted by atomic mass is 35.5. The number of nitro benzene ring substituents is 1. The SMILES string of the molecule is Cc1cc(Cl)ccc1NC(=O)/C=C/c1cccc([N+](=O)[O-])c1. The lowest BCUT2D eigenvalue weighted by molar-refractivity contribution is -0.384. The lowest BCUT2D eigenvalue weighted by Crippen LogP contribution is -2.08. The van der Waals surface area contributed by atoms with Gasteiger partial charge >= 0.3 is 0 Å². The lowest BCUT2D eigenvalue weighted by atomic mass is 10.2. The van der Waals surface area contributed by atoms with Gasteiger partial charge in [0.2, 0.25) is 5.91 Å². The van der Waals surface area contributed by atoms with E-state index >= 15 is 0 Å². The molecule has 0 aliphatic rings. The lowest BCUT2D eigenvalue weighted by Gasteiger charge is -2.06. The Balaban J connectivity index is 2.08. The Hall–Kier alpha value is -2.66. The zero-order chi connectivity index (χ0) is 16.1. The second kappa shape index (κ2) is 6.87. The number of carbonyl (C=O) groups is 1. The van der Waals surface area contributed by atoms with Gasteiger partial charge in [0.1, 0.15) is 0 Å². The summed E-state index contributed by atoms with van der Waals surface area (Å²) in [7, 11) is 0. The summed E-state index contributed by atoms with van der Waals surface area (Å²) in [6.07, 6.45) is 2.85. The molecule has 2 aromatic rings. The van der Waals surface area contributed by atoms with E-state index in [0.29, 0.717) is 16.3 Å². The average Bonchev–Trinajstić information content (AvgIpc) is 2.48. The van der Waals surface area contributed by atoms with Gasteiger partial charge < -0.3 is 5.32 Å². The van der Waals surface area contributed by atoms with Gasteiger partial charge in [-0.25, -0.2) is 0 Å². The fraction of sp³-hybridized carbons (Fsp3) is 0.0625. The van der Waals surface area contributed by atoms with E-state index < -0.39 is 4.92 Å². The Morgan fingerprint density at radius 2 is 2.05 bits per heavy atom. The fourth-order valence-corrected chi connectivity index (χ4v) is 2.08. The molecule has 0 heterocycles. The van der Waals surface area contributed by atoms with Crippen LogP contribution in [-0.4, -0.2) is 10.8 Å². The summed E-state index contributed by atoms with van der Waals surface area (Å²) < 4.78 is 0. The number of nitrogens with zero attached hydrogens (tertiary/aromatic N) is 1. The van der Waals surface area contributed by atoms with Crippen molar-refractivity contribution < 1.29 is 9.72 Å². The minimum Gasteiger partial charge on any atom is -0.322 e. The highest BCUT2D eigenvalue weighted by Gasteiger charge is 2.05. The maximum Gasteiger partial charge on any atom is 0.270 e. The van der Waals surface area contributed by atoms with E-state index in [4.69, 9.17) is 11.6 Å². The zero-order valence-electron chi connectivity index (χ0n) is 11.7. The van der Waals surface area contributed by atoms with Crippen LogP contribution in [-0.2, 0) is 4.79 Å². The van der Waals surface area contributed by atoms with Gasteiger partial charge in [-0.2, -0.15) is 0 Å². The Morgan fingerprint density at radius 1 is 1.27 bits per heavy atom. The third-order valence-corrected chi connectivity index (χ3v) is 3.19. The molecule has 5 nitrogen and oxygen atoms in total. The number of amides is 1. The van der Waals surface area contributed by atoms with Crippen LogP contribution in [0.3, 0.4) is 0 Å². The molecule has 6 heteroatoms. The molecular weight excluding hydrogens is 304 g/mol. The summed E-state index contributed by atoms with van der Waals surface area (Å²) in [6.45, 7) is 1.84. The predicted molar refractivity (Wildman–Crippen MR) is 86.9 cm³/mol. The van der Waals surface area contributed by atoms with Gasteiger partial charge in [-0.3, -0.25) is 14.9 Å². The Bertz CT molecular complexity index is 757. The van der Waals surface area contributed by atoms with Crippen LogP contribution >= 0.6 is 11.6 Å². The number of halogens is 1. The number of benzene rings is 2. The first kappa shape index (κ1) is 15.7. The molecule has 0 unspecified atom stereocenters. The summed E-state index contributed by atoms with van der Waals surface area (Å²) in [6, 6.07) is 11.2. The molecule has 0 saturated carbocycles. The third-order valence-electron chi connectivity index (χ3n) is 2.95. The molecule has 22 heavy (non-hydrogen) atoms. The van der Waals surface area contributed by atoms with Gasteiger partial charge in [-0.1, -0.05) is 23.7 Å². The molecule has 2 rings (SSSR count). The quantitative estimate of drug-likeness (QED) is 0.521. The molecule has 0 radical (unpaired) electrons. The number of hydrogen-bond donors (Lipinski definition) is 1. The van der Waals surface area contributed by atoms with Crippen LogP contribution in [0, 0.1) is 17.0 Å². The van der Waals surface area contributed by atoms with Crippen LogP contribution in [0.5, 0.6) is 0 Å². The summed E-state index contributed by atoms with van der Waals surface area (Å²) in [5, 5.41) is 14.0. The minimum absolute atomic E-state index is 0.0175. The van der Waals surface area contributed by atoms with E-state index in [1.54, 1.807) is 30.3 Å². The second-order valence-corrected chi connectivity index (χ2v) is 5.07. The van der Waals surface area contributed by atoms with E-state index in [2.05, 4.69) is 5.32 Å². The second-order valence-electron chi connectivity index (χ2n) is 4.63. The van der Waals surface area contributed by atoms with Gasteiger partial charge in [0.15, 0.2) is 0 Å². The number of rotatable bonds is 4. The molecule has 0 saturated heterocycles. The van der Waals surface area contributed by atoms with Crippen LogP contribution in [0.1, 0.15) is 11.1 Å². The highest BCUT2D eigenvalue weighted by molar-refractivity contribution is 6.30. The topological polar surface area (TPSA) is 72.2 Å². The van der Waals surface area contributed by atoms with Crippen molar-refractivity contribution in [2.75, 3.05) is 5.32 Å². The number of aryl methyl sites for hydroxylation is 1. The van der Waals surface area contributed by atoms with Gasteiger partial charge in [0.25, 0.3) is 5.69 Å². The van der Waals surface area contributed by atoms with Crippen LogP contribution < -0.4 is 5.32 Å². The van der Waals surface area contributed by atoms with E-state index in [9.17, 15) is 14.9 Å². The number of non-ortho nitro benzene ring substituents is 1. The first-order valence-electron chi connectivity index (χ1n) is 6.45. The molecular formula is C16H13ClN2O3. The Kier molecular flexibility index (Phi) is 4.91. The maximum atomic E-state index is 11.9. The molecule has 0 fully saturated rings. The molecule has 0 atom stereocenters. The molecule has 1 amide bonds. The fourth-order valence-electron chi connectivity index (χ4n) is 1.86. The average molecular weight is 317 g/mol. The highest BCUT2D eigenvalue weighted by Crippen LogP contribution is 2.19. The third kappa shape index (κ3) is 4.17. The van der Waals surface area contributed by atoms with Gasteiger partial charge in [-0.15, -0.1) is 0 Å². The molecule has 0 aliphatic heterocycles. The van der Waals surface area contributed by atoms with Gasteiger partial charge in [-0.05, 0) is 42.3 Å². The number of hydrogen-bond acceptors (Lipinski definition) is 3. The minimum atomic E-state index is -0.478. The molecule has 0 aromatic heterocycles. The number of nitrogens with one attached hydrogen (secondary N) is 1. The van der Waals surface area contributed by atoms with Crippen molar-refractivity contribution in [3.8, 4) is 0 Å². The molecule has 0 spiro atoms. The standard InChI is InChI=1S/C16H13ClN2O3/c1-11-9-13(17)6-7-15(11)18-16(20)8-5-12-3-2-4-14(10-12)19(21)22/h2-10H,1H3,(H,18,20)/b8-5+. The maximum absolute atomic E-state index is 11.9. The first-order valence-corrected chi connectivity index (χ1v) is 6.83.